The first-order valence-electron chi connectivity index (χ1n) is 10.2. The highest BCUT2D eigenvalue weighted by molar-refractivity contribution is 5.76. The van der Waals surface area contributed by atoms with Gasteiger partial charge in [0, 0.05) is 0 Å². The normalized spacial score (nSPS) is 12.4. The summed E-state index contributed by atoms with van der Waals surface area (Å²) in [5.74, 6) is 2.30. The number of allylic oxidation sites excluding steroid dienone is 1. The Morgan fingerprint density at radius 2 is 1.73 bits per heavy atom. The summed E-state index contributed by atoms with van der Waals surface area (Å²) in [6.07, 6.45) is 4.04. The fourth-order valence-electron chi connectivity index (χ4n) is 3.75. The van der Waals surface area contributed by atoms with Crippen LogP contribution in [-0.4, -0.2) is 16.7 Å². The average molecular weight is 399 g/mol. The molecule has 4 aromatic rings. The Labute approximate surface area is 177 Å². The molecule has 1 heterocycles. The number of benzene rings is 3. The van der Waals surface area contributed by atoms with Crippen LogP contribution in [0.2, 0.25) is 0 Å². The van der Waals surface area contributed by atoms with E-state index in [4.69, 9.17) is 14.5 Å². The van der Waals surface area contributed by atoms with Crippen molar-refractivity contribution in [1.29, 1.82) is 0 Å². The molecule has 152 valence electrons. The van der Waals surface area contributed by atoms with Gasteiger partial charge in [0.25, 0.3) is 0 Å². The van der Waals surface area contributed by atoms with Gasteiger partial charge in [-0.05, 0) is 49.2 Å². The lowest BCUT2D eigenvalue weighted by molar-refractivity contribution is 0.271. The molecule has 0 aliphatic heterocycles. The molecule has 0 bridgehead atoms. The molecule has 0 aliphatic carbocycles. The van der Waals surface area contributed by atoms with Gasteiger partial charge in [0.05, 0.1) is 24.2 Å². The molecule has 4 heteroatoms. The molecule has 30 heavy (non-hydrogen) atoms. The van der Waals surface area contributed by atoms with Crippen molar-refractivity contribution in [1.82, 2.24) is 9.55 Å². The van der Waals surface area contributed by atoms with E-state index in [-0.39, 0.29) is 6.04 Å². The van der Waals surface area contributed by atoms with Crippen molar-refractivity contribution in [2.45, 2.75) is 26.5 Å². The minimum Gasteiger partial charge on any atom is -0.493 e. The third kappa shape index (κ3) is 3.94. The molecule has 0 spiro atoms. The van der Waals surface area contributed by atoms with Gasteiger partial charge in [-0.2, -0.15) is 0 Å². The van der Waals surface area contributed by atoms with Gasteiger partial charge >= 0.3 is 0 Å². The first kappa shape index (κ1) is 19.8. The van der Waals surface area contributed by atoms with E-state index >= 15 is 0 Å². The maximum atomic E-state index is 6.17. The lowest BCUT2D eigenvalue weighted by atomic mass is 10.1. The van der Waals surface area contributed by atoms with Crippen molar-refractivity contribution in [3.05, 3.63) is 95.8 Å². The molecule has 1 unspecified atom stereocenters. The minimum absolute atomic E-state index is 0.135. The molecule has 3 aromatic carbocycles. The van der Waals surface area contributed by atoms with Crippen LogP contribution in [0, 0.1) is 0 Å². The molecule has 0 aliphatic rings. The summed E-state index contributed by atoms with van der Waals surface area (Å²) in [4.78, 5) is 4.86. The van der Waals surface area contributed by atoms with Crippen LogP contribution in [0.5, 0.6) is 11.5 Å². The van der Waals surface area contributed by atoms with Gasteiger partial charge in [0.15, 0.2) is 11.5 Å². The largest absolute Gasteiger partial charge is 0.493 e. The summed E-state index contributed by atoms with van der Waals surface area (Å²) in [5.41, 5.74) is 4.37. The van der Waals surface area contributed by atoms with Crippen LogP contribution < -0.4 is 9.47 Å². The predicted octanol–water partition coefficient (Wildman–Crippen LogP) is 6.27. The summed E-state index contributed by atoms with van der Waals surface area (Å²) in [6.45, 7) is 4.54. The fourth-order valence-corrected chi connectivity index (χ4v) is 3.75. The van der Waals surface area contributed by atoms with Gasteiger partial charge in [0.2, 0.25) is 0 Å². The van der Waals surface area contributed by atoms with Crippen molar-refractivity contribution in [3.63, 3.8) is 0 Å². The molecule has 1 aromatic heterocycles. The van der Waals surface area contributed by atoms with Gasteiger partial charge in [-0.25, -0.2) is 4.98 Å². The van der Waals surface area contributed by atoms with E-state index in [2.05, 4.69) is 41.8 Å². The van der Waals surface area contributed by atoms with Crippen molar-refractivity contribution in [3.8, 4) is 11.5 Å². The molecular weight excluding hydrogens is 372 g/mol. The Bertz CT molecular complexity index is 1160. The highest BCUT2D eigenvalue weighted by Gasteiger charge is 2.18. The van der Waals surface area contributed by atoms with Crippen LogP contribution >= 0.6 is 0 Å². The van der Waals surface area contributed by atoms with Crippen molar-refractivity contribution in [2.24, 2.45) is 0 Å². The quantitative estimate of drug-likeness (QED) is 0.368. The Balaban J connectivity index is 1.68. The van der Waals surface area contributed by atoms with E-state index < -0.39 is 0 Å². The molecular formula is C26H26N2O2. The Kier molecular flexibility index (Phi) is 5.84. The van der Waals surface area contributed by atoms with Crippen molar-refractivity contribution >= 4 is 17.1 Å². The highest BCUT2D eigenvalue weighted by Crippen LogP contribution is 2.31. The van der Waals surface area contributed by atoms with E-state index in [0.29, 0.717) is 18.1 Å². The molecule has 0 amide bonds. The van der Waals surface area contributed by atoms with Crippen LogP contribution in [0.4, 0.5) is 0 Å². The van der Waals surface area contributed by atoms with Gasteiger partial charge in [0.1, 0.15) is 12.4 Å². The third-order valence-electron chi connectivity index (χ3n) is 5.24. The average Bonchev–Trinajstić information content (AvgIpc) is 3.16. The van der Waals surface area contributed by atoms with Crippen LogP contribution in [0.3, 0.4) is 0 Å². The lowest BCUT2D eigenvalue weighted by Crippen LogP contribution is -2.13. The second-order valence-electron chi connectivity index (χ2n) is 7.17. The maximum Gasteiger partial charge on any atom is 0.161 e. The number of hydrogen-bond donors (Lipinski definition) is 0. The number of rotatable bonds is 7. The Morgan fingerprint density at radius 3 is 2.50 bits per heavy atom. The number of imidazole rings is 1. The van der Waals surface area contributed by atoms with Gasteiger partial charge in [-0.1, -0.05) is 60.7 Å². The number of para-hydroxylation sites is 2. The number of methoxy groups -OCH3 is 1. The lowest BCUT2D eigenvalue weighted by Gasteiger charge is -2.19. The molecule has 0 saturated heterocycles. The van der Waals surface area contributed by atoms with Gasteiger partial charge < -0.3 is 14.0 Å². The maximum absolute atomic E-state index is 6.17. The minimum atomic E-state index is 0.135. The van der Waals surface area contributed by atoms with Crippen molar-refractivity contribution < 1.29 is 9.47 Å². The Morgan fingerprint density at radius 1 is 0.967 bits per heavy atom. The Hall–Kier alpha value is -3.53. The summed E-state index contributed by atoms with van der Waals surface area (Å²) in [6, 6.07) is 24.8. The van der Waals surface area contributed by atoms with Crippen LogP contribution in [0.25, 0.3) is 17.1 Å². The van der Waals surface area contributed by atoms with Crippen LogP contribution in [0.15, 0.2) is 78.9 Å². The predicted molar refractivity (Wildman–Crippen MR) is 122 cm³/mol. The summed E-state index contributed by atoms with van der Waals surface area (Å²) < 4.78 is 14.0. The number of fused-ring (bicyclic) bond motifs is 1. The zero-order valence-corrected chi connectivity index (χ0v) is 17.6. The highest BCUT2D eigenvalue weighted by atomic mass is 16.5. The summed E-state index contributed by atoms with van der Waals surface area (Å²) >= 11 is 0. The topological polar surface area (TPSA) is 36.3 Å². The van der Waals surface area contributed by atoms with Gasteiger partial charge in [-0.3, -0.25) is 0 Å². The molecule has 0 radical (unpaired) electrons. The monoisotopic (exact) mass is 398 g/mol. The van der Waals surface area contributed by atoms with E-state index in [1.54, 1.807) is 7.11 Å². The molecule has 1 atom stereocenters. The van der Waals surface area contributed by atoms with E-state index in [1.165, 1.54) is 5.56 Å². The third-order valence-corrected chi connectivity index (χ3v) is 5.24. The first-order valence-corrected chi connectivity index (χ1v) is 10.2. The summed E-state index contributed by atoms with van der Waals surface area (Å²) in [5, 5.41) is 0. The number of hydrogen-bond acceptors (Lipinski definition) is 3. The molecule has 4 rings (SSSR count). The van der Waals surface area contributed by atoms with E-state index in [0.717, 1.165) is 22.4 Å². The van der Waals surface area contributed by atoms with Crippen LogP contribution in [0.1, 0.15) is 36.8 Å². The van der Waals surface area contributed by atoms with Crippen molar-refractivity contribution in [2.75, 3.05) is 7.11 Å². The second-order valence-corrected chi connectivity index (χ2v) is 7.17. The summed E-state index contributed by atoms with van der Waals surface area (Å²) in [7, 11) is 1.66. The number of nitrogens with zero attached hydrogens (tertiary/aromatic N) is 2. The molecule has 0 N–H and O–H groups in total. The standard InChI is InChI=1S/C26H26N2O2/c1-4-10-20-15-16-24(25(17-20)29-3)30-18-26-27-22-13-8-9-14-23(22)28(26)19(2)21-11-6-5-7-12-21/h4-17,19H,18H2,1-3H3/b10-4-. The molecule has 0 saturated carbocycles. The first-order chi connectivity index (χ1) is 14.7. The zero-order chi connectivity index (χ0) is 20.9. The van der Waals surface area contributed by atoms with E-state index in [1.807, 2.05) is 61.5 Å². The fraction of sp³-hybridized carbons (Fsp3) is 0.192. The van der Waals surface area contributed by atoms with E-state index in [9.17, 15) is 0 Å². The molecule has 4 nitrogen and oxygen atoms in total. The van der Waals surface area contributed by atoms with Crippen LogP contribution in [-0.2, 0) is 6.61 Å². The SMILES string of the molecule is C/C=C\c1ccc(OCc2nc3ccccc3n2C(C)c2ccccc2)c(OC)c1. The smallest absolute Gasteiger partial charge is 0.161 e. The number of aromatic nitrogens is 2. The number of ether oxygens (including phenoxy) is 2. The second kappa shape index (κ2) is 8.87. The zero-order valence-electron chi connectivity index (χ0n) is 17.6. The van der Waals surface area contributed by atoms with Gasteiger partial charge in [-0.15, -0.1) is 0 Å². The molecule has 0 fully saturated rings.